The van der Waals surface area contributed by atoms with E-state index < -0.39 is 21.5 Å². The molecule has 0 aromatic heterocycles. The summed E-state index contributed by atoms with van der Waals surface area (Å²) in [5.41, 5.74) is 6.47. The molecule has 1 aromatic carbocycles. The number of rotatable bonds is 5. The Morgan fingerprint density at radius 3 is 2.53 bits per heavy atom. The number of methoxy groups -OCH3 is 1. The van der Waals surface area contributed by atoms with Crippen LogP contribution in [0.2, 0.25) is 0 Å². The number of nitrogen functional groups attached to an aromatic ring is 1. The van der Waals surface area contributed by atoms with Gasteiger partial charge in [-0.05, 0) is 18.2 Å². The summed E-state index contributed by atoms with van der Waals surface area (Å²) >= 11 is 0. The van der Waals surface area contributed by atoms with Gasteiger partial charge in [0.05, 0.1) is 12.8 Å². The Morgan fingerprint density at radius 2 is 2.05 bits per heavy atom. The molecule has 0 radical (unpaired) electrons. The summed E-state index contributed by atoms with van der Waals surface area (Å²) in [6.07, 6.45) is 0. The molecule has 0 aliphatic carbocycles. The Hall–Kier alpha value is -1.47. The minimum Gasteiger partial charge on any atom is -0.495 e. The largest absolute Gasteiger partial charge is 0.495 e. The van der Waals surface area contributed by atoms with Crippen LogP contribution in [-0.2, 0) is 14.6 Å². The van der Waals surface area contributed by atoms with Crippen molar-refractivity contribution in [3.05, 3.63) is 18.2 Å². The topological polar surface area (TPSA) is 98.5 Å². The maximum atomic E-state index is 11.5. The number of nitrogens with one attached hydrogen (secondary N) is 1. The van der Waals surface area contributed by atoms with Crippen LogP contribution in [0.4, 0.5) is 11.4 Å². The van der Waals surface area contributed by atoms with E-state index in [0.29, 0.717) is 17.1 Å². The third kappa shape index (κ3) is 5.35. The summed E-state index contributed by atoms with van der Waals surface area (Å²) in [5.74, 6) is -0.684. The van der Waals surface area contributed by atoms with E-state index in [1.54, 1.807) is 12.1 Å². The molecule has 0 fully saturated rings. The zero-order valence-electron chi connectivity index (χ0n) is 10.7. The molecule has 1 amide bonds. The summed E-state index contributed by atoms with van der Waals surface area (Å²) in [5, 5.41) is 2.47. The van der Waals surface area contributed by atoms with E-state index in [1.807, 2.05) is 0 Å². The Labute approximate surface area is 118 Å². The molecule has 0 unspecified atom stereocenters. The van der Waals surface area contributed by atoms with E-state index in [4.69, 9.17) is 10.5 Å². The molecule has 0 aliphatic rings. The summed E-state index contributed by atoms with van der Waals surface area (Å²) in [6, 6.07) is 4.69. The second kappa shape index (κ2) is 7.20. The van der Waals surface area contributed by atoms with E-state index in [9.17, 15) is 13.2 Å². The zero-order valence-corrected chi connectivity index (χ0v) is 12.3. The van der Waals surface area contributed by atoms with Crippen molar-refractivity contribution in [1.29, 1.82) is 0 Å². The van der Waals surface area contributed by atoms with Crippen LogP contribution in [0, 0.1) is 0 Å². The molecule has 0 atom stereocenters. The highest BCUT2D eigenvalue weighted by Gasteiger charge is 2.14. The predicted octanol–water partition coefficient (Wildman–Crippen LogP) is 1.07. The third-order valence-corrected chi connectivity index (χ3v) is 3.89. The van der Waals surface area contributed by atoms with Crippen molar-refractivity contribution in [2.75, 3.05) is 29.7 Å². The summed E-state index contributed by atoms with van der Waals surface area (Å²) < 4.78 is 27.5. The van der Waals surface area contributed by atoms with Crippen molar-refractivity contribution in [3.63, 3.8) is 0 Å². The van der Waals surface area contributed by atoms with Crippen LogP contribution in [-0.4, -0.2) is 32.9 Å². The quantitative estimate of drug-likeness (QED) is 0.793. The predicted molar refractivity (Wildman–Crippen MR) is 77.6 cm³/mol. The standard InChI is InChI=1S/C11H16N2O4S.ClH/c1-3-18(15,16)7-11(14)13-8-4-5-10(17-2)9(12)6-8;/h4-6H,3,7,12H2,1-2H3,(H,13,14);1H. The van der Waals surface area contributed by atoms with Crippen LogP contribution in [0.25, 0.3) is 0 Å². The molecule has 0 saturated heterocycles. The lowest BCUT2D eigenvalue weighted by Crippen LogP contribution is -2.23. The second-order valence-corrected chi connectivity index (χ2v) is 6.03. The number of anilines is 2. The first-order valence-corrected chi connectivity index (χ1v) is 7.14. The van der Waals surface area contributed by atoms with Gasteiger partial charge < -0.3 is 15.8 Å². The van der Waals surface area contributed by atoms with E-state index in [2.05, 4.69) is 5.32 Å². The lowest BCUT2D eigenvalue weighted by molar-refractivity contribution is -0.113. The molecule has 6 nitrogen and oxygen atoms in total. The number of halogens is 1. The average molecular weight is 309 g/mol. The van der Waals surface area contributed by atoms with Gasteiger partial charge in [0.25, 0.3) is 0 Å². The van der Waals surface area contributed by atoms with Gasteiger partial charge in [-0.3, -0.25) is 4.79 Å². The SMILES string of the molecule is CCS(=O)(=O)CC(=O)Nc1ccc(OC)c(N)c1.Cl. The van der Waals surface area contributed by atoms with Crippen molar-refractivity contribution < 1.29 is 17.9 Å². The Kier molecular flexibility index (Phi) is 6.64. The first-order chi connectivity index (χ1) is 8.38. The monoisotopic (exact) mass is 308 g/mol. The third-order valence-electron chi connectivity index (χ3n) is 2.30. The molecule has 0 aliphatic heterocycles. The Balaban J connectivity index is 0.00000324. The number of benzene rings is 1. The van der Waals surface area contributed by atoms with Crippen LogP contribution >= 0.6 is 12.4 Å². The second-order valence-electron chi connectivity index (χ2n) is 3.68. The van der Waals surface area contributed by atoms with Gasteiger partial charge in [-0.25, -0.2) is 8.42 Å². The Morgan fingerprint density at radius 1 is 1.42 bits per heavy atom. The molecular weight excluding hydrogens is 292 g/mol. The van der Waals surface area contributed by atoms with Crippen molar-refractivity contribution in [2.45, 2.75) is 6.92 Å². The molecule has 108 valence electrons. The highest BCUT2D eigenvalue weighted by molar-refractivity contribution is 7.92. The molecule has 0 bridgehead atoms. The van der Waals surface area contributed by atoms with Gasteiger partial charge in [-0.2, -0.15) is 0 Å². The van der Waals surface area contributed by atoms with Crippen LogP contribution in [0.3, 0.4) is 0 Å². The number of nitrogens with two attached hydrogens (primary N) is 1. The number of carbonyl (C=O) groups excluding carboxylic acids is 1. The highest BCUT2D eigenvalue weighted by atomic mass is 35.5. The van der Waals surface area contributed by atoms with E-state index in [-0.39, 0.29) is 18.2 Å². The van der Waals surface area contributed by atoms with E-state index in [0.717, 1.165) is 0 Å². The van der Waals surface area contributed by atoms with Gasteiger partial charge in [0.1, 0.15) is 11.5 Å². The molecule has 0 heterocycles. The molecule has 1 aromatic rings. The number of sulfone groups is 1. The smallest absolute Gasteiger partial charge is 0.239 e. The van der Waals surface area contributed by atoms with E-state index in [1.165, 1.54) is 20.1 Å². The van der Waals surface area contributed by atoms with Crippen molar-refractivity contribution in [2.24, 2.45) is 0 Å². The van der Waals surface area contributed by atoms with E-state index >= 15 is 0 Å². The van der Waals surface area contributed by atoms with Gasteiger partial charge in [-0.1, -0.05) is 6.92 Å². The average Bonchev–Trinajstić information content (AvgIpc) is 2.28. The fourth-order valence-corrected chi connectivity index (χ4v) is 1.99. The van der Waals surface area contributed by atoms with Gasteiger partial charge in [0, 0.05) is 11.4 Å². The van der Waals surface area contributed by atoms with Gasteiger partial charge in [-0.15, -0.1) is 12.4 Å². The minimum atomic E-state index is -3.33. The van der Waals surface area contributed by atoms with Crippen molar-refractivity contribution >= 4 is 39.5 Å². The molecular formula is C11H17ClN2O4S. The maximum Gasteiger partial charge on any atom is 0.239 e. The molecule has 0 saturated carbocycles. The minimum absolute atomic E-state index is 0. The fourth-order valence-electron chi connectivity index (χ4n) is 1.31. The zero-order chi connectivity index (χ0) is 13.8. The number of hydrogen-bond acceptors (Lipinski definition) is 5. The van der Waals surface area contributed by atoms with Crippen LogP contribution < -0.4 is 15.8 Å². The summed E-state index contributed by atoms with van der Waals surface area (Å²) in [6.45, 7) is 1.49. The normalized spacial score (nSPS) is 10.4. The first-order valence-electron chi connectivity index (χ1n) is 5.31. The summed E-state index contributed by atoms with van der Waals surface area (Å²) in [4.78, 5) is 11.5. The van der Waals surface area contributed by atoms with Crippen LogP contribution in [0.5, 0.6) is 5.75 Å². The molecule has 1 rings (SSSR count). The van der Waals surface area contributed by atoms with Gasteiger partial charge in [0.15, 0.2) is 9.84 Å². The van der Waals surface area contributed by atoms with Crippen LogP contribution in [0.15, 0.2) is 18.2 Å². The highest BCUT2D eigenvalue weighted by Crippen LogP contribution is 2.24. The lowest BCUT2D eigenvalue weighted by Gasteiger charge is -2.08. The lowest BCUT2D eigenvalue weighted by atomic mass is 10.2. The first kappa shape index (κ1) is 17.5. The number of ether oxygens (including phenoxy) is 1. The van der Waals surface area contributed by atoms with Crippen molar-refractivity contribution in [1.82, 2.24) is 0 Å². The fraction of sp³-hybridized carbons (Fsp3) is 0.364. The number of hydrogen-bond donors (Lipinski definition) is 2. The van der Waals surface area contributed by atoms with Gasteiger partial charge in [0.2, 0.25) is 5.91 Å². The molecule has 3 N–H and O–H groups in total. The van der Waals surface area contributed by atoms with Crippen molar-refractivity contribution in [3.8, 4) is 5.75 Å². The number of amides is 1. The molecule has 8 heteroatoms. The molecule has 0 spiro atoms. The number of carbonyl (C=O) groups is 1. The maximum absolute atomic E-state index is 11.5. The summed E-state index contributed by atoms with van der Waals surface area (Å²) in [7, 11) is -1.85. The van der Waals surface area contributed by atoms with Crippen LogP contribution in [0.1, 0.15) is 6.92 Å². The van der Waals surface area contributed by atoms with Gasteiger partial charge >= 0.3 is 0 Å². The Bertz CT molecular complexity index is 546. The molecule has 19 heavy (non-hydrogen) atoms.